The van der Waals surface area contributed by atoms with E-state index in [2.05, 4.69) is 4.98 Å². The zero-order valence-corrected chi connectivity index (χ0v) is 6.83. The Balaban J connectivity index is 3.09. The van der Waals surface area contributed by atoms with Gasteiger partial charge in [-0.15, -0.1) is 0 Å². The van der Waals surface area contributed by atoms with Crippen molar-refractivity contribution in [3.05, 3.63) is 23.4 Å². The molecule has 0 saturated heterocycles. The minimum atomic E-state index is 0.0306. The summed E-state index contributed by atoms with van der Waals surface area (Å²) in [6.07, 6.45) is 1.73. The molecular formula is C8H13N3. The van der Waals surface area contributed by atoms with Crippen LogP contribution in [0.3, 0.4) is 0 Å². The van der Waals surface area contributed by atoms with Crippen molar-refractivity contribution in [1.29, 1.82) is 0 Å². The van der Waals surface area contributed by atoms with Gasteiger partial charge in [0.2, 0.25) is 0 Å². The topological polar surface area (TPSA) is 64.9 Å². The molecule has 60 valence electrons. The molecule has 1 aromatic rings. The van der Waals surface area contributed by atoms with Crippen LogP contribution in [0.2, 0.25) is 0 Å². The third kappa shape index (κ3) is 1.68. The molecule has 1 heterocycles. The van der Waals surface area contributed by atoms with Crippen LogP contribution < -0.4 is 11.5 Å². The highest BCUT2D eigenvalue weighted by atomic mass is 14.8. The number of aryl methyl sites for hydroxylation is 1. The van der Waals surface area contributed by atoms with Crippen molar-refractivity contribution < 1.29 is 0 Å². The molecule has 0 aliphatic rings. The van der Waals surface area contributed by atoms with Crippen LogP contribution in [0.25, 0.3) is 0 Å². The lowest BCUT2D eigenvalue weighted by Gasteiger charge is -2.08. The van der Waals surface area contributed by atoms with Gasteiger partial charge in [-0.1, -0.05) is 0 Å². The van der Waals surface area contributed by atoms with Gasteiger partial charge in [-0.25, -0.2) is 4.98 Å². The zero-order valence-electron chi connectivity index (χ0n) is 6.83. The Hall–Kier alpha value is -1.09. The Bertz CT molecular complexity index is 256. The molecule has 0 aliphatic carbocycles. The van der Waals surface area contributed by atoms with E-state index in [4.69, 9.17) is 11.5 Å². The molecule has 1 aromatic heterocycles. The van der Waals surface area contributed by atoms with Crippen molar-refractivity contribution >= 4 is 5.82 Å². The van der Waals surface area contributed by atoms with Crippen molar-refractivity contribution in [2.45, 2.75) is 19.9 Å². The molecule has 1 atom stereocenters. The standard InChI is InChI=1S/C8H13N3/c1-5-3-8(10)11-4-7(5)6(2)9/h3-4,6H,9H2,1-2H3,(H2,10,11)/t6-/m0/s1. The third-order valence-corrected chi connectivity index (χ3v) is 1.66. The van der Waals surface area contributed by atoms with Gasteiger partial charge in [0.1, 0.15) is 5.82 Å². The quantitative estimate of drug-likeness (QED) is 0.629. The van der Waals surface area contributed by atoms with E-state index in [1.54, 1.807) is 6.20 Å². The predicted molar refractivity (Wildman–Crippen MR) is 46.0 cm³/mol. The van der Waals surface area contributed by atoms with Crippen LogP contribution in [0.4, 0.5) is 5.82 Å². The van der Waals surface area contributed by atoms with Crippen molar-refractivity contribution in [1.82, 2.24) is 4.98 Å². The average Bonchev–Trinajstić information content (AvgIpc) is 1.85. The first kappa shape index (κ1) is 8.01. The summed E-state index contributed by atoms with van der Waals surface area (Å²) in [6.45, 7) is 3.91. The minimum Gasteiger partial charge on any atom is -0.384 e. The van der Waals surface area contributed by atoms with Gasteiger partial charge in [0.15, 0.2) is 0 Å². The number of nitrogen functional groups attached to an aromatic ring is 1. The first-order valence-electron chi connectivity index (χ1n) is 3.59. The van der Waals surface area contributed by atoms with Gasteiger partial charge in [-0.3, -0.25) is 0 Å². The molecule has 0 fully saturated rings. The largest absolute Gasteiger partial charge is 0.384 e. The van der Waals surface area contributed by atoms with Crippen LogP contribution in [0, 0.1) is 6.92 Å². The molecule has 0 saturated carbocycles. The summed E-state index contributed by atoms with van der Waals surface area (Å²) in [7, 11) is 0. The number of hydrogen-bond acceptors (Lipinski definition) is 3. The molecule has 0 unspecified atom stereocenters. The molecule has 0 spiro atoms. The van der Waals surface area contributed by atoms with Gasteiger partial charge in [-0.2, -0.15) is 0 Å². The highest BCUT2D eigenvalue weighted by Crippen LogP contribution is 2.14. The Labute approximate surface area is 66.4 Å². The van der Waals surface area contributed by atoms with Crippen LogP contribution >= 0.6 is 0 Å². The summed E-state index contributed by atoms with van der Waals surface area (Å²) >= 11 is 0. The van der Waals surface area contributed by atoms with Gasteiger partial charge in [0.05, 0.1) is 0 Å². The Morgan fingerprint density at radius 2 is 2.18 bits per heavy atom. The molecule has 4 N–H and O–H groups in total. The van der Waals surface area contributed by atoms with Gasteiger partial charge in [-0.05, 0) is 31.0 Å². The molecular weight excluding hydrogens is 138 g/mol. The van der Waals surface area contributed by atoms with E-state index in [9.17, 15) is 0 Å². The second kappa shape index (κ2) is 2.88. The Kier molecular flexibility index (Phi) is 2.10. The predicted octanol–water partition coefficient (Wildman–Crippen LogP) is 0.992. The fourth-order valence-electron chi connectivity index (χ4n) is 1.07. The molecule has 1 rings (SSSR count). The molecule has 0 bridgehead atoms. The SMILES string of the molecule is Cc1cc(N)ncc1[C@H](C)N. The zero-order chi connectivity index (χ0) is 8.43. The molecule has 0 aromatic carbocycles. The maximum Gasteiger partial charge on any atom is 0.123 e. The van der Waals surface area contributed by atoms with Crippen LogP contribution in [-0.2, 0) is 0 Å². The summed E-state index contributed by atoms with van der Waals surface area (Å²) < 4.78 is 0. The van der Waals surface area contributed by atoms with E-state index in [1.165, 1.54) is 0 Å². The summed E-state index contributed by atoms with van der Waals surface area (Å²) in [4.78, 5) is 3.96. The minimum absolute atomic E-state index is 0.0306. The lowest BCUT2D eigenvalue weighted by molar-refractivity contribution is 0.803. The fraction of sp³-hybridized carbons (Fsp3) is 0.375. The van der Waals surface area contributed by atoms with E-state index in [-0.39, 0.29) is 6.04 Å². The number of hydrogen-bond donors (Lipinski definition) is 2. The first-order chi connectivity index (χ1) is 5.11. The van der Waals surface area contributed by atoms with Crippen molar-refractivity contribution in [3.8, 4) is 0 Å². The monoisotopic (exact) mass is 151 g/mol. The second-order valence-corrected chi connectivity index (χ2v) is 2.75. The van der Waals surface area contributed by atoms with Gasteiger partial charge < -0.3 is 11.5 Å². The molecule has 3 nitrogen and oxygen atoms in total. The number of anilines is 1. The van der Waals surface area contributed by atoms with Gasteiger partial charge in [0, 0.05) is 12.2 Å². The number of rotatable bonds is 1. The maximum absolute atomic E-state index is 5.68. The van der Waals surface area contributed by atoms with E-state index in [1.807, 2.05) is 19.9 Å². The number of nitrogens with two attached hydrogens (primary N) is 2. The second-order valence-electron chi connectivity index (χ2n) is 2.75. The van der Waals surface area contributed by atoms with Crippen LogP contribution in [-0.4, -0.2) is 4.98 Å². The van der Waals surface area contributed by atoms with E-state index < -0.39 is 0 Å². The molecule has 0 aliphatic heterocycles. The summed E-state index contributed by atoms with van der Waals surface area (Å²) in [5.74, 6) is 0.548. The number of nitrogens with zero attached hydrogens (tertiary/aromatic N) is 1. The van der Waals surface area contributed by atoms with E-state index in [0.717, 1.165) is 11.1 Å². The first-order valence-corrected chi connectivity index (χ1v) is 3.59. The third-order valence-electron chi connectivity index (χ3n) is 1.66. The van der Waals surface area contributed by atoms with Crippen LogP contribution in [0.5, 0.6) is 0 Å². The molecule has 11 heavy (non-hydrogen) atoms. The van der Waals surface area contributed by atoms with Crippen molar-refractivity contribution in [3.63, 3.8) is 0 Å². The van der Waals surface area contributed by atoms with Crippen molar-refractivity contribution in [2.75, 3.05) is 5.73 Å². The number of aromatic nitrogens is 1. The highest BCUT2D eigenvalue weighted by molar-refractivity contribution is 5.37. The van der Waals surface area contributed by atoms with Crippen LogP contribution in [0.15, 0.2) is 12.3 Å². The summed E-state index contributed by atoms with van der Waals surface area (Å²) in [5, 5.41) is 0. The lowest BCUT2D eigenvalue weighted by atomic mass is 10.1. The Morgan fingerprint density at radius 3 is 2.64 bits per heavy atom. The Morgan fingerprint density at radius 1 is 1.55 bits per heavy atom. The normalized spacial score (nSPS) is 13.0. The van der Waals surface area contributed by atoms with Gasteiger partial charge in [0.25, 0.3) is 0 Å². The summed E-state index contributed by atoms with van der Waals surface area (Å²) in [6, 6.07) is 1.86. The maximum atomic E-state index is 5.68. The number of pyridine rings is 1. The summed E-state index contributed by atoms with van der Waals surface area (Å²) in [5.41, 5.74) is 13.3. The molecule has 0 amide bonds. The van der Waals surface area contributed by atoms with Gasteiger partial charge >= 0.3 is 0 Å². The van der Waals surface area contributed by atoms with Crippen molar-refractivity contribution in [2.24, 2.45) is 5.73 Å². The average molecular weight is 151 g/mol. The van der Waals surface area contributed by atoms with E-state index >= 15 is 0 Å². The van der Waals surface area contributed by atoms with Crippen LogP contribution in [0.1, 0.15) is 24.1 Å². The lowest BCUT2D eigenvalue weighted by Crippen LogP contribution is -2.08. The van der Waals surface area contributed by atoms with E-state index in [0.29, 0.717) is 5.82 Å². The molecule has 3 heteroatoms. The fourth-order valence-corrected chi connectivity index (χ4v) is 1.07. The molecule has 0 radical (unpaired) electrons. The smallest absolute Gasteiger partial charge is 0.123 e. The highest BCUT2D eigenvalue weighted by Gasteiger charge is 2.03.